The van der Waals surface area contributed by atoms with Gasteiger partial charge in [0.05, 0.1) is 24.8 Å². The van der Waals surface area contributed by atoms with Crippen LogP contribution in [-0.2, 0) is 22.7 Å². The largest absolute Gasteiger partial charge is 0.390 e. The molecule has 0 aliphatic heterocycles. The lowest BCUT2D eigenvalue weighted by molar-refractivity contribution is -0.120. The van der Waals surface area contributed by atoms with Gasteiger partial charge in [0.1, 0.15) is 0 Å². The monoisotopic (exact) mass is 312 g/mol. The number of thiazole rings is 1. The van der Waals surface area contributed by atoms with Crippen LogP contribution in [0.15, 0.2) is 10.4 Å². The minimum Gasteiger partial charge on any atom is -0.390 e. The zero-order valence-electron chi connectivity index (χ0n) is 13.3. The molecule has 1 N–H and O–H groups in total. The van der Waals surface area contributed by atoms with E-state index in [2.05, 4.69) is 32.7 Å². The Balaban J connectivity index is 2.30. The third kappa shape index (κ3) is 2.72. The minimum atomic E-state index is -0.0671. The molecule has 21 heavy (non-hydrogen) atoms. The molecular formula is C15H24N2O3S. The maximum absolute atomic E-state index is 12.5. The fourth-order valence-electron chi connectivity index (χ4n) is 2.97. The number of aliphatic hydroxyl groups is 1. The van der Waals surface area contributed by atoms with E-state index in [1.165, 1.54) is 11.3 Å². The van der Waals surface area contributed by atoms with Crippen molar-refractivity contribution in [2.24, 2.45) is 21.7 Å². The maximum atomic E-state index is 12.5. The number of aliphatic hydroxyl groups excluding tert-OH is 1. The van der Waals surface area contributed by atoms with Gasteiger partial charge in [-0.1, -0.05) is 27.7 Å². The Bertz CT molecular complexity index is 584. The highest BCUT2D eigenvalue weighted by molar-refractivity contribution is 7.07. The zero-order valence-corrected chi connectivity index (χ0v) is 14.2. The van der Waals surface area contributed by atoms with E-state index in [-0.39, 0.29) is 29.3 Å². The summed E-state index contributed by atoms with van der Waals surface area (Å²) in [4.78, 5) is 17.4. The molecule has 1 amide bonds. The number of carbonyl (C=O) groups is 1. The summed E-state index contributed by atoms with van der Waals surface area (Å²) in [5, 5.41) is 11.2. The van der Waals surface area contributed by atoms with Crippen molar-refractivity contribution in [1.82, 2.24) is 4.57 Å². The van der Waals surface area contributed by atoms with Gasteiger partial charge in [-0.15, -0.1) is 11.3 Å². The summed E-state index contributed by atoms with van der Waals surface area (Å²) in [5.41, 5.74) is 0.738. The summed E-state index contributed by atoms with van der Waals surface area (Å²) in [6.45, 7) is 9.47. The molecule has 0 saturated heterocycles. The Morgan fingerprint density at radius 1 is 1.43 bits per heavy atom. The molecule has 2 rings (SSSR count). The van der Waals surface area contributed by atoms with Gasteiger partial charge in [-0.05, 0) is 10.8 Å². The molecule has 0 unspecified atom stereocenters. The fourth-order valence-corrected chi connectivity index (χ4v) is 3.90. The number of hydrogen-bond acceptors (Lipinski definition) is 4. The highest BCUT2D eigenvalue weighted by Gasteiger charge is 2.68. The van der Waals surface area contributed by atoms with E-state index in [1.807, 2.05) is 9.95 Å². The van der Waals surface area contributed by atoms with E-state index in [0.29, 0.717) is 18.0 Å². The van der Waals surface area contributed by atoms with Gasteiger partial charge in [0.2, 0.25) is 0 Å². The highest BCUT2D eigenvalue weighted by atomic mass is 32.1. The van der Waals surface area contributed by atoms with Gasteiger partial charge in [-0.25, -0.2) is 0 Å². The Morgan fingerprint density at radius 2 is 2.05 bits per heavy atom. The SMILES string of the molecule is COCCn1c(CO)cs/c1=N\C(=O)C1C(C)(C)C1(C)C. The summed E-state index contributed by atoms with van der Waals surface area (Å²) in [6, 6.07) is 0. The molecule has 1 saturated carbocycles. The summed E-state index contributed by atoms with van der Waals surface area (Å²) < 4.78 is 6.93. The average Bonchev–Trinajstić information content (AvgIpc) is 2.71. The molecule has 6 heteroatoms. The molecule has 1 aromatic rings. The molecule has 0 spiro atoms. The van der Waals surface area contributed by atoms with Crippen LogP contribution in [-0.4, -0.2) is 29.3 Å². The number of carbonyl (C=O) groups excluding carboxylic acids is 1. The second-order valence-electron chi connectivity index (χ2n) is 6.64. The summed E-state index contributed by atoms with van der Waals surface area (Å²) >= 11 is 1.38. The topological polar surface area (TPSA) is 63.8 Å². The number of ether oxygens (including phenoxy) is 1. The lowest BCUT2D eigenvalue weighted by Gasteiger charge is -2.06. The van der Waals surface area contributed by atoms with Crippen LogP contribution in [0.1, 0.15) is 33.4 Å². The van der Waals surface area contributed by atoms with E-state index in [0.717, 1.165) is 5.69 Å². The minimum absolute atomic E-state index is 0.0119. The van der Waals surface area contributed by atoms with Crippen LogP contribution in [0.5, 0.6) is 0 Å². The van der Waals surface area contributed by atoms with E-state index in [4.69, 9.17) is 4.74 Å². The predicted molar refractivity (Wildman–Crippen MR) is 81.7 cm³/mol. The fraction of sp³-hybridized carbons (Fsp3) is 0.733. The number of rotatable bonds is 5. The first-order valence-corrected chi connectivity index (χ1v) is 8.01. The number of aromatic nitrogens is 1. The smallest absolute Gasteiger partial charge is 0.252 e. The van der Waals surface area contributed by atoms with Crippen molar-refractivity contribution in [2.75, 3.05) is 13.7 Å². The predicted octanol–water partition coefficient (Wildman–Crippen LogP) is 1.80. The molecule has 1 fully saturated rings. The van der Waals surface area contributed by atoms with Crippen LogP contribution >= 0.6 is 11.3 Å². The first-order chi connectivity index (χ1) is 9.77. The standard InChI is InChI=1S/C15H24N2O3S/c1-14(2)11(15(14,3)4)12(19)16-13-17(6-7-20-5)10(8-18)9-21-13/h9,11,18H,6-8H2,1-5H3/b16-13-. The molecule has 5 nitrogen and oxygen atoms in total. The average molecular weight is 312 g/mol. The normalized spacial score (nSPS) is 20.8. The van der Waals surface area contributed by atoms with Crippen molar-refractivity contribution in [3.63, 3.8) is 0 Å². The van der Waals surface area contributed by atoms with Crippen LogP contribution in [0.25, 0.3) is 0 Å². The molecule has 1 heterocycles. The van der Waals surface area contributed by atoms with Crippen molar-refractivity contribution in [1.29, 1.82) is 0 Å². The number of nitrogens with zero attached hydrogens (tertiary/aromatic N) is 2. The second-order valence-corrected chi connectivity index (χ2v) is 7.48. The molecule has 0 radical (unpaired) electrons. The molecule has 1 aliphatic carbocycles. The van der Waals surface area contributed by atoms with E-state index >= 15 is 0 Å². The first-order valence-electron chi connectivity index (χ1n) is 7.13. The van der Waals surface area contributed by atoms with Gasteiger partial charge < -0.3 is 14.4 Å². The first kappa shape index (κ1) is 16.4. The highest BCUT2D eigenvalue weighted by Crippen LogP contribution is 2.68. The lowest BCUT2D eigenvalue weighted by atomic mass is 10.0. The van der Waals surface area contributed by atoms with E-state index in [1.54, 1.807) is 7.11 Å². The lowest BCUT2D eigenvalue weighted by Crippen LogP contribution is -2.22. The Kier molecular flexibility index (Phi) is 4.42. The summed E-state index contributed by atoms with van der Waals surface area (Å²) in [6.07, 6.45) is 0. The van der Waals surface area contributed by atoms with E-state index < -0.39 is 0 Å². The molecule has 118 valence electrons. The number of methoxy groups -OCH3 is 1. The van der Waals surface area contributed by atoms with Gasteiger partial charge in [0.15, 0.2) is 4.80 Å². The van der Waals surface area contributed by atoms with Gasteiger partial charge in [-0.2, -0.15) is 4.99 Å². The van der Waals surface area contributed by atoms with E-state index in [9.17, 15) is 9.90 Å². The third-order valence-corrected chi connectivity index (χ3v) is 5.94. The van der Waals surface area contributed by atoms with Crippen molar-refractivity contribution in [3.8, 4) is 0 Å². The molecule has 0 bridgehead atoms. The summed E-state index contributed by atoms with van der Waals surface area (Å²) in [7, 11) is 1.63. The number of amides is 1. The van der Waals surface area contributed by atoms with Gasteiger partial charge in [-0.3, -0.25) is 4.79 Å². The van der Waals surface area contributed by atoms with Crippen molar-refractivity contribution >= 4 is 17.2 Å². The summed E-state index contributed by atoms with van der Waals surface area (Å²) in [5.74, 6) is -0.108. The molecule has 1 aliphatic rings. The number of hydrogen-bond donors (Lipinski definition) is 1. The third-order valence-electron chi connectivity index (χ3n) is 5.03. The van der Waals surface area contributed by atoms with Crippen LogP contribution in [0.2, 0.25) is 0 Å². The molecule has 0 aromatic carbocycles. The van der Waals surface area contributed by atoms with Crippen molar-refractivity contribution in [3.05, 3.63) is 15.9 Å². The van der Waals surface area contributed by atoms with Crippen molar-refractivity contribution < 1.29 is 14.6 Å². The molecule has 0 atom stereocenters. The van der Waals surface area contributed by atoms with Gasteiger partial charge in [0, 0.05) is 19.0 Å². The van der Waals surface area contributed by atoms with Gasteiger partial charge >= 0.3 is 0 Å². The Hall–Kier alpha value is -0.980. The molecule has 1 aromatic heterocycles. The van der Waals surface area contributed by atoms with Crippen LogP contribution in [0.3, 0.4) is 0 Å². The zero-order chi connectivity index (χ0) is 15.8. The second kappa shape index (κ2) is 5.66. The quantitative estimate of drug-likeness (QED) is 0.901. The Labute approximate surface area is 129 Å². The molecular weight excluding hydrogens is 288 g/mol. The maximum Gasteiger partial charge on any atom is 0.252 e. The van der Waals surface area contributed by atoms with Crippen molar-refractivity contribution in [2.45, 2.75) is 40.8 Å². The Morgan fingerprint density at radius 3 is 2.52 bits per heavy atom. The van der Waals surface area contributed by atoms with Crippen LogP contribution in [0.4, 0.5) is 0 Å². The van der Waals surface area contributed by atoms with Crippen LogP contribution < -0.4 is 4.80 Å². The van der Waals surface area contributed by atoms with Crippen LogP contribution in [0, 0.1) is 16.7 Å². The van der Waals surface area contributed by atoms with Gasteiger partial charge in [0.25, 0.3) is 5.91 Å².